The van der Waals surface area contributed by atoms with Gasteiger partial charge >= 0.3 is 23.9 Å². The number of unbranched alkanes of at least 4 members (excludes halogenated alkanes) is 10. The maximum absolute atomic E-state index is 13.2. The molecule has 0 saturated carbocycles. The Hall–Kier alpha value is -2.36. The second-order valence-electron chi connectivity index (χ2n) is 12.9. The summed E-state index contributed by atoms with van der Waals surface area (Å²) in [4.78, 5) is 52.1. The van der Waals surface area contributed by atoms with Crippen LogP contribution in [0.4, 0.5) is 0 Å². The van der Waals surface area contributed by atoms with E-state index >= 15 is 0 Å². The summed E-state index contributed by atoms with van der Waals surface area (Å²) in [5.74, 6) is -2.56. The third-order valence-corrected chi connectivity index (χ3v) is 8.39. The molecule has 0 aromatic carbocycles. The number of hydrogen-bond donors (Lipinski definition) is 4. The fraction of sp³-hybridized carbons (Fsp3) is 0.889. The molecule has 1 fully saturated rings. The van der Waals surface area contributed by atoms with Gasteiger partial charge in [0.15, 0.2) is 24.6 Å². The molecule has 14 nitrogen and oxygen atoms in total. The van der Waals surface area contributed by atoms with Gasteiger partial charge in [-0.25, -0.2) is 0 Å². The fourth-order valence-corrected chi connectivity index (χ4v) is 5.35. The number of aliphatic hydroxyl groups excluding tert-OH is 4. The SMILES string of the molecule is CCCCCCCC(=O)O[C@@H]1[C@H](OC(O)[C@@H](O)[C@H](O)CO)O[C@H](COC(=O)CCCCC)[C@@H](OC(=O)CCCCC)[C@@H]1OC(=O)CCCCC. The zero-order valence-electron chi connectivity index (χ0n) is 30.6. The van der Waals surface area contributed by atoms with Gasteiger partial charge in [0.2, 0.25) is 6.29 Å². The van der Waals surface area contributed by atoms with Gasteiger partial charge in [0.25, 0.3) is 0 Å². The average molecular weight is 721 g/mol. The maximum Gasteiger partial charge on any atom is 0.306 e. The first-order valence-corrected chi connectivity index (χ1v) is 18.7. The van der Waals surface area contributed by atoms with Crippen LogP contribution < -0.4 is 0 Å². The first kappa shape index (κ1) is 45.7. The Labute approximate surface area is 297 Å². The highest BCUT2D eigenvalue weighted by Crippen LogP contribution is 2.32. The highest BCUT2D eigenvalue weighted by molar-refractivity contribution is 5.72. The van der Waals surface area contributed by atoms with Crippen LogP contribution in [-0.2, 0) is 47.6 Å². The number of carbonyl (C=O) groups is 4. The predicted octanol–water partition coefficient (Wildman–Crippen LogP) is 4.14. The molecule has 8 atom stereocenters. The standard InChI is InChI=1S/C36H64O14/c1-5-9-13-14-18-22-30(42)49-34-33(48-29(41)21-17-12-8-4)32(47-28(40)20-16-11-7-3)26(24-45-27(39)19-15-10-6-2)46-36(34)50-35(44)31(43)25(38)23-37/h25-26,31-38,43-44H,5-24H2,1-4H3/t25-,26-,31+,32-,33+,34+,35?,36+/m1/s1. The molecule has 14 heteroatoms. The first-order valence-electron chi connectivity index (χ1n) is 18.7. The summed E-state index contributed by atoms with van der Waals surface area (Å²) < 4.78 is 34.6. The van der Waals surface area contributed by atoms with Crippen LogP contribution in [0.2, 0.25) is 0 Å². The molecule has 0 aromatic heterocycles. The molecule has 0 radical (unpaired) electrons. The van der Waals surface area contributed by atoms with E-state index in [1.54, 1.807) is 0 Å². The minimum atomic E-state index is -2.18. The molecule has 50 heavy (non-hydrogen) atoms. The summed E-state index contributed by atoms with van der Waals surface area (Å²) in [5, 5.41) is 40.3. The molecular formula is C36H64O14. The normalized spacial score (nSPS) is 22.3. The zero-order chi connectivity index (χ0) is 37.3. The third kappa shape index (κ3) is 18.2. The van der Waals surface area contributed by atoms with Crippen LogP contribution in [-0.4, -0.2) is 107 Å². The molecule has 1 unspecified atom stereocenters. The molecule has 1 heterocycles. The minimum absolute atomic E-state index is 0.00121. The molecule has 1 saturated heterocycles. The summed E-state index contributed by atoms with van der Waals surface area (Å²) in [6.45, 7) is 6.63. The summed E-state index contributed by atoms with van der Waals surface area (Å²) in [6.07, 6.45) is -2.74. The van der Waals surface area contributed by atoms with Crippen molar-refractivity contribution in [1.82, 2.24) is 0 Å². The van der Waals surface area contributed by atoms with Crippen LogP contribution in [0.25, 0.3) is 0 Å². The van der Waals surface area contributed by atoms with E-state index in [-0.39, 0.29) is 25.7 Å². The van der Waals surface area contributed by atoms with Crippen LogP contribution >= 0.6 is 0 Å². The van der Waals surface area contributed by atoms with Crippen molar-refractivity contribution in [2.45, 2.75) is 192 Å². The summed E-state index contributed by atoms with van der Waals surface area (Å²) >= 11 is 0. The maximum atomic E-state index is 13.2. The molecule has 0 spiro atoms. The van der Waals surface area contributed by atoms with Crippen molar-refractivity contribution in [1.29, 1.82) is 0 Å². The van der Waals surface area contributed by atoms with Crippen LogP contribution in [0, 0.1) is 0 Å². The number of esters is 4. The molecule has 4 N–H and O–H groups in total. The molecule has 1 rings (SSSR count). The van der Waals surface area contributed by atoms with E-state index in [0.29, 0.717) is 25.7 Å². The number of hydrogen-bond acceptors (Lipinski definition) is 14. The lowest BCUT2D eigenvalue weighted by atomic mass is 9.97. The van der Waals surface area contributed by atoms with E-state index in [2.05, 4.69) is 6.92 Å². The van der Waals surface area contributed by atoms with Gasteiger partial charge in [-0.3, -0.25) is 19.2 Å². The lowest BCUT2D eigenvalue weighted by molar-refractivity contribution is -0.348. The fourth-order valence-electron chi connectivity index (χ4n) is 5.35. The van der Waals surface area contributed by atoms with Crippen LogP contribution in [0.5, 0.6) is 0 Å². The molecule has 0 bridgehead atoms. The minimum Gasteiger partial charge on any atom is -0.463 e. The third-order valence-electron chi connectivity index (χ3n) is 8.39. The van der Waals surface area contributed by atoms with Crippen molar-refractivity contribution in [3.63, 3.8) is 0 Å². The Kier molecular flexibility index (Phi) is 24.9. The lowest BCUT2D eigenvalue weighted by Crippen LogP contribution is -2.64. The van der Waals surface area contributed by atoms with E-state index in [9.17, 15) is 39.6 Å². The second kappa shape index (κ2) is 27.3. The molecule has 0 aliphatic carbocycles. The summed E-state index contributed by atoms with van der Waals surface area (Å²) in [6, 6.07) is 0. The summed E-state index contributed by atoms with van der Waals surface area (Å²) in [7, 11) is 0. The number of carbonyl (C=O) groups excluding carboxylic acids is 4. The number of ether oxygens (including phenoxy) is 6. The van der Waals surface area contributed by atoms with E-state index < -0.39 is 86.3 Å². The van der Waals surface area contributed by atoms with E-state index in [1.165, 1.54) is 0 Å². The second-order valence-corrected chi connectivity index (χ2v) is 12.9. The molecular weight excluding hydrogens is 656 g/mol. The van der Waals surface area contributed by atoms with Gasteiger partial charge < -0.3 is 48.8 Å². The Balaban J connectivity index is 3.55. The molecule has 292 valence electrons. The number of aliphatic hydroxyl groups is 4. The number of rotatable bonds is 28. The molecule has 1 aliphatic rings. The van der Waals surface area contributed by atoms with Gasteiger partial charge in [-0.05, 0) is 25.7 Å². The Bertz CT molecular complexity index is 946. The van der Waals surface area contributed by atoms with Crippen molar-refractivity contribution in [3.05, 3.63) is 0 Å². The zero-order valence-corrected chi connectivity index (χ0v) is 30.6. The largest absolute Gasteiger partial charge is 0.463 e. The van der Waals surface area contributed by atoms with Gasteiger partial charge in [-0.1, -0.05) is 91.9 Å². The van der Waals surface area contributed by atoms with Crippen LogP contribution in [0.3, 0.4) is 0 Å². The summed E-state index contributed by atoms with van der Waals surface area (Å²) in [5.41, 5.74) is 0. The quantitative estimate of drug-likeness (QED) is 0.0388. The van der Waals surface area contributed by atoms with Crippen molar-refractivity contribution in [3.8, 4) is 0 Å². The first-order chi connectivity index (χ1) is 24.0. The van der Waals surface area contributed by atoms with E-state index in [1.807, 2.05) is 20.8 Å². The van der Waals surface area contributed by atoms with E-state index in [4.69, 9.17) is 28.4 Å². The van der Waals surface area contributed by atoms with Gasteiger partial charge in [0.05, 0.1) is 6.61 Å². The Morgan fingerprint density at radius 2 is 1.00 bits per heavy atom. The average Bonchev–Trinajstić information content (AvgIpc) is 3.09. The molecule has 0 amide bonds. The monoisotopic (exact) mass is 720 g/mol. The molecule has 1 aliphatic heterocycles. The van der Waals surface area contributed by atoms with E-state index in [0.717, 1.165) is 64.2 Å². The Morgan fingerprint density at radius 3 is 1.50 bits per heavy atom. The molecule has 0 aromatic rings. The Morgan fingerprint density at radius 1 is 0.580 bits per heavy atom. The van der Waals surface area contributed by atoms with Crippen molar-refractivity contribution in [2.24, 2.45) is 0 Å². The highest BCUT2D eigenvalue weighted by Gasteiger charge is 2.54. The van der Waals surface area contributed by atoms with Gasteiger partial charge in [0.1, 0.15) is 24.9 Å². The lowest BCUT2D eigenvalue weighted by Gasteiger charge is -2.45. The van der Waals surface area contributed by atoms with Crippen molar-refractivity contribution in [2.75, 3.05) is 13.2 Å². The van der Waals surface area contributed by atoms with Crippen LogP contribution in [0.1, 0.15) is 143 Å². The van der Waals surface area contributed by atoms with Crippen LogP contribution in [0.15, 0.2) is 0 Å². The topological polar surface area (TPSA) is 205 Å². The van der Waals surface area contributed by atoms with Gasteiger partial charge in [0, 0.05) is 25.7 Å². The highest BCUT2D eigenvalue weighted by atomic mass is 16.8. The van der Waals surface area contributed by atoms with Crippen molar-refractivity contribution < 1.29 is 68.0 Å². The van der Waals surface area contributed by atoms with Gasteiger partial charge in [-0.15, -0.1) is 0 Å². The predicted molar refractivity (Wildman–Crippen MR) is 181 cm³/mol. The van der Waals surface area contributed by atoms with Gasteiger partial charge in [-0.2, -0.15) is 0 Å². The van der Waals surface area contributed by atoms with Crippen molar-refractivity contribution >= 4 is 23.9 Å². The smallest absolute Gasteiger partial charge is 0.306 e.